The summed E-state index contributed by atoms with van der Waals surface area (Å²) in [4.78, 5) is 5.19. The molecule has 3 aromatic rings. The van der Waals surface area contributed by atoms with E-state index in [4.69, 9.17) is 4.98 Å². The second-order valence-electron chi connectivity index (χ2n) is 4.90. The molecule has 1 atom stereocenters. The topological polar surface area (TPSA) is 12.9 Å². The van der Waals surface area contributed by atoms with Gasteiger partial charge in [-0.05, 0) is 30.5 Å². The normalized spacial score (nSPS) is 12.7. The van der Waals surface area contributed by atoms with E-state index in [2.05, 4.69) is 64.5 Å². The molecule has 2 aromatic carbocycles. The van der Waals surface area contributed by atoms with Gasteiger partial charge in [-0.25, -0.2) is 4.98 Å². The van der Waals surface area contributed by atoms with Crippen molar-refractivity contribution in [1.29, 1.82) is 0 Å². The fourth-order valence-electron chi connectivity index (χ4n) is 2.27. The van der Waals surface area contributed by atoms with Crippen LogP contribution in [0.4, 0.5) is 0 Å². The summed E-state index contributed by atoms with van der Waals surface area (Å²) in [6, 6.07) is 19.0. The SMILES string of the molecule is BrC(CCc1ccccc1)Cc1nc2ccccc2s1. The maximum absolute atomic E-state index is 4.70. The van der Waals surface area contributed by atoms with Crippen molar-refractivity contribution in [2.45, 2.75) is 24.1 Å². The van der Waals surface area contributed by atoms with E-state index in [-0.39, 0.29) is 0 Å². The van der Waals surface area contributed by atoms with Crippen LogP contribution in [0.1, 0.15) is 17.0 Å². The van der Waals surface area contributed by atoms with Gasteiger partial charge in [0.2, 0.25) is 0 Å². The van der Waals surface area contributed by atoms with Crippen LogP contribution in [0.15, 0.2) is 54.6 Å². The monoisotopic (exact) mass is 345 g/mol. The molecule has 0 saturated carbocycles. The van der Waals surface area contributed by atoms with Crippen LogP contribution < -0.4 is 0 Å². The van der Waals surface area contributed by atoms with Gasteiger partial charge in [0.1, 0.15) is 0 Å². The summed E-state index contributed by atoms with van der Waals surface area (Å²) in [5.74, 6) is 0. The second-order valence-corrected chi connectivity index (χ2v) is 7.31. The highest BCUT2D eigenvalue weighted by molar-refractivity contribution is 9.09. The van der Waals surface area contributed by atoms with E-state index in [0.29, 0.717) is 4.83 Å². The zero-order valence-corrected chi connectivity index (χ0v) is 13.5. The largest absolute Gasteiger partial charge is 0.241 e. The minimum Gasteiger partial charge on any atom is -0.241 e. The van der Waals surface area contributed by atoms with Crippen molar-refractivity contribution in [2.75, 3.05) is 0 Å². The predicted molar refractivity (Wildman–Crippen MR) is 90.8 cm³/mol. The zero-order valence-electron chi connectivity index (χ0n) is 11.1. The van der Waals surface area contributed by atoms with Gasteiger partial charge in [-0.2, -0.15) is 0 Å². The molecule has 0 N–H and O–H groups in total. The van der Waals surface area contributed by atoms with Crippen molar-refractivity contribution in [3.05, 3.63) is 65.2 Å². The number of halogens is 1. The van der Waals surface area contributed by atoms with Crippen LogP contribution in [0.25, 0.3) is 10.2 Å². The molecule has 0 aliphatic rings. The molecule has 0 bridgehead atoms. The fraction of sp³-hybridized carbons (Fsp3) is 0.235. The lowest BCUT2D eigenvalue weighted by Crippen LogP contribution is -2.04. The van der Waals surface area contributed by atoms with Crippen molar-refractivity contribution >= 4 is 37.5 Å². The number of benzene rings is 2. The molecule has 20 heavy (non-hydrogen) atoms. The lowest BCUT2D eigenvalue weighted by molar-refractivity contribution is 0.761. The summed E-state index contributed by atoms with van der Waals surface area (Å²) >= 11 is 5.60. The first kappa shape index (κ1) is 13.8. The van der Waals surface area contributed by atoms with E-state index in [0.717, 1.165) is 24.8 Å². The van der Waals surface area contributed by atoms with E-state index in [9.17, 15) is 0 Å². The quantitative estimate of drug-likeness (QED) is 0.576. The van der Waals surface area contributed by atoms with Gasteiger partial charge in [-0.15, -0.1) is 11.3 Å². The Kier molecular flexibility index (Phi) is 4.48. The first-order valence-electron chi connectivity index (χ1n) is 6.84. The van der Waals surface area contributed by atoms with Crippen LogP contribution in [0.5, 0.6) is 0 Å². The van der Waals surface area contributed by atoms with Crippen LogP contribution in [-0.4, -0.2) is 9.81 Å². The molecule has 1 unspecified atom stereocenters. The second kappa shape index (κ2) is 6.51. The number of hydrogen-bond acceptors (Lipinski definition) is 2. The Morgan fingerprint density at radius 3 is 2.55 bits per heavy atom. The highest BCUT2D eigenvalue weighted by Gasteiger charge is 2.10. The number of thiazole rings is 1. The predicted octanol–water partition coefficient (Wildman–Crippen LogP) is 5.24. The summed E-state index contributed by atoms with van der Waals surface area (Å²) in [5.41, 5.74) is 2.52. The number of para-hydroxylation sites is 1. The summed E-state index contributed by atoms with van der Waals surface area (Å²) in [5, 5.41) is 1.22. The molecule has 1 heterocycles. The summed E-state index contributed by atoms with van der Waals surface area (Å²) in [6.45, 7) is 0. The van der Waals surface area contributed by atoms with Gasteiger partial charge < -0.3 is 0 Å². The van der Waals surface area contributed by atoms with Gasteiger partial charge in [0.15, 0.2) is 0 Å². The van der Waals surface area contributed by atoms with E-state index in [1.165, 1.54) is 15.3 Å². The van der Waals surface area contributed by atoms with Gasteiger partial charge in [-0.3, -0.25) is 0 Å². The number of fused-ring (bicyclic) bond motifs is 1. The Bertz CT molecular complexity index is 645. The maximum atomic E-state index is 4.70. The first-order valence-corrected chi connectivity index (χ1v) is 8.57. The Balaban J connectivity index is 1.59. The third-order valence-corrected chi connectivity index (χ3v) is 5.16. The number of alkyl halides is 1. The third-order valence-electron chi connectivity index (χ3n) is 3.32. The molecular weight excluding hydrogens is 330 g/mol. The van der Waals surface area contributed by atoms with Crippen LogP contribution in [0.3, 0.4) is 0 Å². The molecule has 3 heteroatoms. The first-order chi connectivity index (χ1) is 9.81. The molecule has 0 spiro atoms. The van der Waals surface area contributed by atoms with E-state index in [1.807, 2.05) is 6.07 Å². The van der Waals surface area contributed by atoms with Gasteiger partial charge in [0, 0.05) is 11.2 Å². The van der Waals surface area contributed by atoms with Gasteiger partial charge in [0.25, 0.3) is 0 Å². The van der Waals surface area contributed by atoms with E-state index < -0.39 is 0 Å². The molecule has 0 saturated heterocycles. The molecule has 0 aliphatic carbocycles. The number of aromatic nitrogens is 1. The lowest BCUT2D eigenvalue weighted by Gasteiger charge is -2.07. The van der Waals surface area contributed by atoms with Crippen LogP contribution >= 0.6 is 27.3 Å². The molecule has 0 fully saturated rings. The van der Waals surface area contributed by atoms with Crippen molar-refractivity contribution in [3.8, 4) is 0 Å². The fourth-order valence-corrected chi connectivity index (χ4v) is 4.06. The summed E-state index contributed by atoms with van der Waals surface area (Å²) < 4.78 is 1.28. The zero-order chi connectivity index (χ0) is 13.8. The average molecular weight is 346 g/mol. The van der Waals surface area contributed by atoms with E-state index >= 15 is 0 Å². The number of aryl methyl sites for hydroxylation is 1. The van der Waals surface area contributed by atoms with Crippen LogP contribution in [0, 0.1) is 0 Å². The lowest BCUT2D eigenvalue weighted by atomic mass is 10.1. The highest BCUT2D eigenvalue weighted by Crippen LogP contribution is 2.25. The van der Waals surface area contributed by atoms with Crippen LogP contribution in [0.2, 0.25) is 0 Å². The minimum absolute atomic E-state index is 0.489. The average Bonchev–Trinajstić information content (AvgIpc) is 2.88. The van der Waals surface area contributed by atoms with Gasteiger partial charge in [-0.1, -0.05) is 58.4 Å². The van der Waals surface area contributed by atoms with Gasteiger partial charge >= 0.3 is 0 Å². The third kappa shape index (κ3) is 3.47. The minimum atomic E-state index is 0.489. The van der Waals surface area contributed by atoms with Crippen LogP contribution in [-0.2, 0) is 12.8 Å². The molecule has 3 rings (SSSR count). The van der Waals surface area contributed by atoms with Gasteiger partial charge in [0.05, 0.1) is 15.2 Å². The standard InChI is InChI=1S/C17H16BrNS/c18-14(11-10-13-6-2-1-3-7-13)12-17-19-15-8-4-5-9-16(15)20-17/h1-9,14H,10-12H2. The van der Waals surface area contributed by atoms with Crippen molar-refractivity contribution in [3.63, 3.8) is 0 Å². The molecule has 0 aliphatic heterocycles. The summed E-state index contributed by atoms with van der Waals surface area (Å²) in [6.07, 6.45) is 3.26. The molecule has 1 nitrogen and oxygen atoms in total. The highest BCUT2D eigenvalue weighted by atomic mass is 79.9. The molecular formula is C17H16BrNS. The molecule has 102 valence electrons. The Labute approximate surface area is 131 Å². The van der Waals surface area contributed by atoms with E-state index in [1.54, 1.807) is 11.3 Å². The molecule has 0 radical (unpaired) electrons. The maximum Gasteiger partial charge on any atom is 0.0949 e. The number of hydrogen-bond donors (Lipinski definition) is 0. The van der Waals surface area contributed by atoms with Crippen molar-refractivity contribution in [1.82, 2.24) is 4.98 Å². The smallest absolute Gasteiger partial charge is 0.0949 e. The number of nitrogens with zero attached hydrogens (tertiary/aromatic N) is 1. The molecule has 1 aromatic heterocycles. The Morgan fingerprint density at radius 1 is 1.00 bits per heavy atom. The Morgan fingerprint density at radius 2 is 1.75 bits per heavy atom. The Hall–Kier alpha value is -1.19. The number of rotatable bonds is 5. The van der Waals surface area contributed by atoms with Crippen molar-refractivity contribution in [2.24, 2.45) is 0 Å². The summed E-state index contributed by atoms with van der Waals surface area (Å²) in [7, 11) is 0. The van der Waals surface area contributed by atoms with Crippen molar-refractivity contribution < 1.29 is 0 Å². The molecule has 0 amide bonds.